The van der Waals surface area contributed by atoms with Gasteiger partial charge in [0.2, 0.25) is 0 Å². The zero-order valence-corrected chi connectivity index (χ0v) is 12.8. The van der Waals surface area contributed by atoms with Crippen LogP contribution in [0.25, 0.3) is 0 Å². The van der Waals surface area contributed by atoms with Crippen LogP contribution in [0.4, 0.5) is 0 Å². The van der Waals surface area contributed by atoms with Crippen LogP contribution in [0.1, 0.15) is 45.6 Å². The molecule has 1 aromatic rings. The van der Waals surface area contributed by atoms with Crippen LogP contribution in [-0.4, -0.2) is 40.9 Å². The third kappa shape index (κ3) is 4.05. The van der Waals surface area contributed by atoms with Crippen molar-refractivity contribution < 1.29 is 0 Å². The van der Waals surface area contributed by atoms with E-state index in [1.165, 1.54) is 31.4 Å². The van der Waals surface area contributed by atoms with Gasteiger partial charge in [0, 0.05) is 30.9 Å². The minimum atomic E-state index is 0.0713. The molecule has 1 fully saturated rings. The first-order chi connectivity index (χ1) is 8.97. The number of aromatic nitrogens is 2. The van der Waals surface area contributed by atoms with E-state index in [1.807, 2.05) is 10.9 Å². The largest absolute Gasteiger partial charge is 0.311 e. The predicted octanol–water partition coefficient (Wildman–Crippen LogP) is 2.21. The molecule has 108 valence electrons. The van der Waals surface area contributed by atoms with E-state index in [9.17, 15) is 0 Å². The van der Waals surface area contributed by atoms with E-state index < -0.39 is 0 Å². The Hall–Kier alpha value is -0.870. The fourth-order valence-electron chi connectivity index (χ4n) is 2.60. The number of hydrogen-bond acceptors (Lipinski definition) is 3. The highest BCUT2D eigenvalue weighted by molar-refractivity contribution is 5.04. The van der Waals surface area contributed by atoms with Crippen molar-refractivity contribution in [3.63, 3.8) is 0 Å². The van der Waals surface area contributed by atoms with Gasteiger partial charge in [-0.3, -0.25) is 4.68 Å². The van der Waals surface area contributed by atoms with E-state index in [-0.39, 0.29) is 5.54 Å². The molecule has 0 radical (unpaired) electrons. The number of likely N-dealkylation sites (tertiary alicyclic amines) is 1. The number of hydrogen-bond donors (Lipinski definition) is 1. The summed E-state index contributed by atoms with van der Waals surface area (Å²) >= 11 is 0. The quantitative estimate of drug-likeness (QED) is 0.905. The van der Waals surface area contributed by atoms with Gasteiger partial charge in [0.25, 0.3) is 0 Å². The minimum Gasteiger partial charge on any atom is -0.311 e. The molecule has 1 N–H and O–H groups in total. The second-order valence-electron chi connectivity index (χ2n) is 6.73. The Morgan fingerprint density at radius 3 is 2.79 bits per heavy atom. The summed E-state index contributed by atoms with van der Waals surface area (Å²) in [5.74, 6) is 0. The van der Waals surface area contributed by atoms with Crippen LogP contribution >= 0.6 is 0 Å². The second kappa shape index (κ2) is 6.06. The first-order valence-corrected chi connectivity index (χ1v) is 7.42. The molecule has 1 unspecified atom stereocenters. The molecule has 1 saturated heterocycles. The zero-order valence-electron chi connectivity index (χ0n) is 12.8. The summed E-state index contributed by atoms with van der Waals surface area (Å²) < 4.78 is 2.04. The summed E-state index contributed by atoms with van der Waals surface area (Å²) in [6.07, 6.45) is 8.18. The van der Waals surface area contributed by atoms with Crippen molar-refractivity contribution in [3.05, 3.63) is 18.0 Å². The molecule has 4 heteroatoms. The highest BCUT2D eigenvalue weighted by atomic mass is 15.3. The molecule has 0 aromatic carbocycles. The fraction of sp³-hybridized carbons (Fsp3) is 0.800. The lowest BCUT2D eigenvalue weighted by Crippen LogP contribution is -2.42. The van der Waals surface area contributed by atoms with Crippen LogP contribution in [0.3, 0.4) is 0 Å². The van der Waals surface area contributed by atoms with Crippen molar-refractivity contribution in [1.29, 1.82) is 0 Å². The first-order valence-electron chi connectivity index (χ1n) is 7.42. The van der Waals surface area contributed by atoms with Gasteiger partial charge in [-0.1, -0.05) is 6.42 Å². The molecular formula is C15H28N4. The number of piperidine rings is 1. The fourth-order valence-corrected chi connectivity index (χ4v) is 2.60. The van der Waals surface area contributed by atoms with Crippen molar-refractivity contribution >= 4 is 0 Å². The van der Waals surface area contributed by atoms with Gasteiger partial charge in [-0.2, -0.15) is 5.10 Å². The molecule has 0 spiro atoms. The molecule has 1 aromatic heterocycles. The maximum atomic E-state index is 4.43. The molecule has 19 heavy (non-hydrogen) atoms. The minimum absolute atomic E-state index is 0.0713. The summed E-state index contributed by atoms with van der Waals surface area (Å²) in [5, 5.41) is 8.01. The Morgan fingerprint density at radius 2 is 2.16 bits per heavy atom. The molecule has 4 nitrogen and oxygen atoms in total. The lowest BCUT2D eigenvalue weighted by molar-refractivity contribution is 0.181. The Bertz CT molecular complexity index is 391. The van der Waals surface area contributed by atoms with Crippen LogP contribution < -0.4 is 5.32 Å². The van der Waals surface area contributed by atoms with E-state index in [1.54, 1.807) is 0 Å². The Balaban J connectivity index is 1.78. The first kappa shape index (κ1) is 14.5. The number of rotatable bonds is 4. The summed E-state index contributed by atoms with van der Waals surface area (Å²) in [4.78, 5) is 2.48. The van der Waals surface area contributed by atoms with E-state index in [2.05, 4.69) is 49.3 Å². The third-order valence-corrected chi connectivity index (χ3v) is 3.95. The molecule has 2 heterocycles. The smallest absolute Gasteiger partial charge is 0.0543 e. The van der Waals surface area contributed by atoms with Crippen LogP contribution in [0, 0.1) is 0 Å². The molecule has 2 rings (SSSR count). The van der Waals surface area contributed by atoms with Gasteiger partial charge in [-0.05, 0) is 47.2 Å². The van der Waals surface area contributed by atoms with Gasteiger partial charge in [0.1, 0.15) is 0 Å². The average molecular weight is 264 g/mol. The van der Waals surface area contributed by atoms with Crippen LogP contribution in [0.15, 0.2) is 12.4 Å². The third-order valence-electron chi connectivity index (χ3n) is 3.95. The Morgan fingerprint density at radius 1 is 1.37 bits per heavy atom. The molecule has 1 aliphatic rings. The van der Waals surface area contributed by atoms with E-state index in [0.29, 0.717) is 6.04 Å². The molecule has 0 amide bonds. The van der Waals surface area contributed by atoms with Gasteiger partial charge in [-0.25, -0.2) is 0 Å². The number of likely N-dealkylation sites (N-methyl/N-ethyl adjacent to an activating group) is 1. The zero-order chi connectivity index (χ0) is 13.9. The topological polar surface area (TPSA) is 33.1 Å². The molecular weight excluding hydrogens is 236 g/mol. The lowest BCUT2D eigenvalue weighted by Gasteiger charge is -2.32. The molecule has 0 saturated carbocycles. The summed E-state index contributed by atoms with van der Waals surface area (Å²) in [6.45, 7) is 9.77. The second-order valence-corrected chi connectivity index (χ2v) is 6.73. The van der Waals surface area contributed by atoms with Gasteiger partial charge in [-0.15, -0.1) is 0 Å². The van der Waals surface area contributed by atoms with E-state index in [4.69, 9.17) is 0 Å². The summed E-state index contributed by atoms with van der Waals surface area (Å²) in [7, 11) is 2.24. The maximum absolute atomic E-state index is 4.43. The monoisotopic (exact) mass is 264 g/mol. The van der Waals surface area contributed by atoms with Gasteiger partial charge < -0.3 is 10.2 Å². The average Bonchev–Trinajstić information content (AvgIpc) is 2.80. The van der Waals surface area contributed by atoms with Crippen LogP contribution in [0.2, 0.25) is 0 Å². The standard InChI is InChI=1S/C15H28N4/c1-15(2,3)19-12-13(10-17-19)9-16-11-14-7-5-6-8-18(14)4/h10,12,14,16H,5-9,11H2,1-4H3. The highest BCUT2D eigenvalue weighted by Crippen LogP contribution is 2.15. The predicted molar refractivity (Wildman–Crippen MR) is 79.2 cm³/mol. The summed E-state index contributed by atoms with van der Waals surface area (Å²) in [5.41, 5.74) is 1.34. The van der Waals surface area contributed by atoms with Crippen molar-refractivity contribution in [2.24, 2.45) is 0 Å². The molecule has 0 bridgehead atoms. The SMILES string of the molecule is CN1CCCCC1CNCc1cnn(C(C)(C)C)c1. The van der Waals surface area contributed by atoms with Crippen LogP contribution in [-0.2, 0) is 12.1 Å². The van der Waals surface area contributed by atoms with Gasteiger partial charge in [0.05, 0.1) is 11.7 Å². The number of nitrogens with zero attached hydrogens (tertiary/aromatic N) is 3. The summed E-state index contributed by atoms with van der Waals surface area (Å²) in [6, 6.07) is 0.700. The van der Waals surface area contributed by atoms with Gasteiger partial charge >= 0.3 is 0 Å². The maximum Gasteiger partial charge on any atom is 0.0543 e. The number of nitrogens with one attached hydrogen (secondary N) is 1. The van der Waals surface area contributed by atoms with Gasteiger partial charge in [0.15, 0.2) is 0 Å². The van der Waals surface area contributed by atoms with E-state index in [0.717, 1.165) is 13.1 Å². The van der Waals surface area contributed by atoms with E-state index >= 15 is 0 Å². The van der Waals surface area contributed by atoms with Crippen molar-refractivity contribution in [2.45, 2.75) is 58.2 Å². The Kier molecular flexibility index (Phi) is 4.63. The molecule has 1 atom stereocenters. The van der Waals surface area contributed by atoms with Crippen molar-refractivity contribution in [3.8, 4) is 0 Å². The normalized spacial score (nSPS) is 21.8. The van der Waals surface area contributed by atoms with Crippen LogP contribution in [0.5, 0.6) is 0 Å². The van der Waals surface area contributed by atoms with Crippen molar-refractivity contribution in [1.82, 2.24) is 20.0 Å². The highest BCUT2D eigenvalue weighted by Gasteiger charge is 2.18. The Labute approximate surface area is 117 Å². The molecule has 1 aliphatic heterocycles. The van der Waals surface area contributed by atoms with Crippen molar-refractivity contribution in [2.75, 3.05) is 20.1 Å². The molecule has 0 aliphatic carbocycles. The lowest BCUT2D eigenvalue weighted by atomic mass is 10.0.